The van der Waals surface area contributed by atoms with Gasteiger partial charge in [0.2, 0.25) is 0 Å². The highest BCUT2D eigenvalue weighted by Crippen LogP contribution is 2.26. The minimum absolute atomic E-state index is 0.0224. The van der Waals surface area contributed by atoms with Crippen molar-refractivity contribution in [2.45, 2.75) is 58.4 Å². The van der Waals surface area contributed by atoms with Gasteiger partial charge in [-0.25, -0.2) is 0 Å². The number of morpholine rings is 1. The zero-order chi connectivity index (χ0) is 26.7. The fraction of sp³-hybridized carbons (Fsp3) is 0.438. The van der Waals surface area contributed by atoms with E-state index in [1.54, 1.807) is 0 Å². The Morgan fingerprint density at radius 1 is 1.00 bits per heavy atom. The lowest BCUT2D eigenvalue weighted by molar-refractivity contribution is 0.0304. The van der Waals surface area contributed by atoms with E-state index in [1.807, 2.05) is 29.3 Å². The predicted molar refractivity (Wildman–Crippen MR) is 152 cm³/mol. The summed E-state index contributed by atoms with van der Waals surface area (Å²) in [5.74, 6) is 2.72. The van der Waals surface area contributed by atoms with Gasteiger partial charge in [-0.1, -0.05) is 36.8 Å². The van der Waals surface area contributed by atoms with E-state index in [-0.39, 0.29) is 11.8 Å². The monoisotopic (exact) mass is 513 g/mol. The molecular weight excluding hydrogens is 474 g/mol. The number of aromatic nitrogens is 1. The highest BCUT2D eigenvalue weighted by Gasteiger charge is 2.23. The number of carbonyl (C=O) groups excluding carboxylic acids is 2. The third kappa shape index (κ3) is 7.05. The topological polar surface area (TPSA) is 63.6 Å². The van der Waals surface area contributed by atoms with Crippen molar-refractivity contribution in [1.82, 2.24) is 14.8 Å². The number of rotatable bonds is 12. The maximum atomic E-state index is 13.3. The van der Waals surface area contributed by atoms with Crippen LogP contribution in [0.3, 0.4) is 0 Å². The van der Waals surface area contributed by atoms with Crippen LogP contribution in [0.5, 0.6) is 0 Å². The smallest absolute Gasteiger partial charge is 0.256 e. The first-order valence-electron chi connectivity index (χ1n) is 13.8. The van der Waals surface area contributed by atoms with Crippen molar-refractivity contribution in [3.63, 3.8) is 0 Å². The van der Waals surface area contributed by atoms with Crippen molar-refractivity contribution >= 4 is 22.7 Å². The number of amides is 2. The second-order valence-corrected chi connectivity index (χ2v) is 10.0. The van der Waals surface area contributed by atoms with Gasteiger partial charge in [0.1, 0.15) is 0 Å². The zero-order valence-electron chi connectivity index (χ0n) is 22.5. The zero-order valence-corrected chi connectivity index (χ0v) is 22.5. The summed E-state index contributed by atoms with van der Waals surface area (Å²) in [7, 11) is 0. The molecule has 4 rings (SSSR count). The lowest BCUT2D eigenvalue weighted by Crippen LogP contribution is -2.40. The van der Waals surface area contributed by atoms with Gasteiger partial charge in [0.25, 0.3) is 11.8 Å². The van der Waals surface area contributed by atoms with E-state index in [1.165, 1.54) is 11.1 Å². The predicted octanol–water partition coefficient (Wildman–Crippen LogP) is 5.37. The van der Waals surface area contributed by atoms with Crippen LogP contribution in [-0.4, -0.2) is 54.1 Å². The van der Waals surface area contributed by atoms with Gasteiger partial charge in [0.15, 0.2) is 0 Å². The number of benzene rings is 2. The minimum atomic E-state index is -0.0224. The molecule has 1 aromatic heterocycles. The Hall–Kier alpha value is -3.56. The number of hydrogen-bond acceptors (Lipinski definition) is 3. The highest BCUT2D eigenvalue weighted by molar-refractivity contribution is 6.07. The average Bonchev–Trinajstić information content (AvgIpc) is 3.33. The molecule has 1 fully saturated rings. The van der Waals surface area contributed by atoms with E-state index in [0.29, 0.717) is 38.4 Å². The van der Waals surface area contributed by atoms with Gasteiger partial charge in [-0.15, -0.1) is 12.3 Å². The molecule has 0 unspecified atom stereocenters. The molecule has 1 saturated heterocycles. The molecule has 38 heavy (non-hydrogen) atoms. The van der Waals surface area contributed by atoms with Crippen molar-refractivity contribution in [1.29, 1.82) is 0 Å². The third-order valence-corrected chi connectivity index (χ3v) is 7.24. The first kappa shape index (κ1) is 27.5. The second kappa shape index (κ2) is 13.8. The van der Waals surface area contributed by atoms with Crippen LogP contribution in [-0.2, 0) is 17.7 Å². The average molecular weight is 514 g/mol. The number of para-hydroxylation sites is 1. The summed E-state index contributed by atoms with van der Waals surface area (Å²) in [6, 6.07) is 14.1. The van der Waals surface area contributed by atoms with Gasteiger partial charge in [-0.05, 0) is 62.3 Å². The Labute approximate surface area is 226 Å². The van der Waals surface area contributed by atoms with Crippen LogP contribution in [0.2, 0.25) is 0 Å². The van der Waals surface area contributed by atoms with Crippen molar-refractivity contribution in [2.24, 2.45) is 0 Å². The number of hydrogen-bond donors (Lipinski definition) is 1. The minimum Gasteiger partial charge on any atom is -0.378 e. The van der Waals surface area contributed by atoms with Gasteiger partial charge in [0.05, 0.1) is 24.3 Å². The van der Waals surface area contributed by atoms with Crippen molar-refractivity contribution in [3.8, 4) is 12.3 Å². The molecule has 2 amide bonds. The van der Waals surface area contributed by atoms with Crippen molar-refractivity contribution in [2.75, 3.05) is 32.8 Å². The van der Waals surface area contributed by atoms with Crippen LogP contribution in [0.15, 0.2) is 48.7 Å². The van der Waals surface area contributed by atoms with Crippen LogP contribution >= 0.6 is 0 Å². The Morgan fingerprint density at radius 3 is 2.55 bits per heavy atom. The van der Waals surface area contributed by atoms with Crippen LogP contribution in [0.4, 0.5) is 0 Å². The Balaban J connectivity index is 1.29. The summed E-state index contributed by atoms with van der Waals surface area (Å²) >= 11 is 0. The van der Waals surface area contributed by atoms with Crippen LogP contribution in [0, 0.1) is 19.3 Å². The summed E-state index contributed by atoms with van der Waals surface area (Å²) < 4.78 is 7.67. The molecule has 3 aromatic rings. The largest absolute Gasteiger partial charge is 0.378 e. The van der Waals surface area contributed by atoms with E-state index in [0.717, 1.165) is 68.0 Å². The van der Waals surface area contributed by atoms with Gasteiger partial charge in [0, 0.05) is 49.7 Å². The summed E-state index contributed by atoms with van der Waals surface area (Å²) in [5, 5.41) is 4.02. The maximum Gasteiger partial charge on any atom is 0.256 e. The molecule has 2 heterocycles. The number of unbranched alkanes of at least 4 members (excludes halogenated alkanes) is 4. The molecule has 1 aliphatic heterocycles. The van der Waals surface area contributed by atoms with E-state index in [9.17, 15) is 9.59 Å². The van der Waals surface area contributed by atoms with Gasteiger partial charge < -0.3 is 19.5 Å². The quantitative estimate of drug-likeness (QED) is 0.262. The van der Waals surface area contributed by atoms with E-state index in [2.05, 4.69) is 47.0 Å². The maximum absolute atomic E-state index is 13.3. The SMILES string of the molecule is C#CCCCCCNC(=O)c1ccc(CCCCn2cc(C(=O)N3CCOCC3)c3cccc(C)c32)cc1. The number of carbonyl (C=O) groups is 2. The first-order valence-corrected chi connectivity index (χ1v) is 13.8. The molecule has 6 nitrogen and oxygen atoms in total. The Morgan fingerprint density at radius 2 is 1.79 bits per heavy atom. The third-order valence-electron chi connectivity index (χ3n) is 7.24. The van der Waals surface area contributed by atoms with E-state index >= 15 is 0 Å². The number of aryl methyl sites for hydroxylation is 3. The molecule has 6 heteroatoms. The molecule has 0 atom stereocenters. The Kier molecular flexibility index (Phi) is 10.0. The molecule has 0 spiro atoms. The molecule has 0 bridgehead atoms. The van der Waals surface area contributed by atoms with E-state index < -0.39 is 0 Å². The molecule has 200 valence electrons. The molecule has 1 aliphatic rings. The highest BCUT2D eigenvalue weighted by atomic mass is 16.5. The van der Waals surface area contributed by atoms with Crippen LogP contribution in [0.1, 0.15) is 70.4 Å². The second-order valence-electron chi connectivity index (χ2n) is 10.0. The molecule has 0 radical (unpaired) electrons. The van der Waals surface area contributed by atoms with Crippen molar-refractivity contribution in [3.05, 3.63) is 70.9 Å². The van der Waals surface area contributed by atoms with Crippen LogP contribution in [0.25, 0.3) is 10.9 Å². The summed E-state index contributed by atoms with van der Waals surface area (Å²) in [6.07, 6.45) is 14.1. The normalized spacial score (nSPS) is 13.4. The van der Waals surface area contributed by atoms with Gasteiger partial charge in [-0.3, -0.25) is 9.59 Å². The summed E-state index contributed by atoms with van der Waals surface area (Å²) in [5.41, 5.74) is 5.05. The van der Waals surface area contributed by atoms with Crippen molar-refractivity contribution < 1.29 is 14.3 Å². The number of terminal acetylenes is 1. The summed E-state index contributed by atoms with van der Waals surface area (Å²) in [4.78, 5) is 27.5. The van der Waals surface area contributed by atoms with Crippen LogP contribution < -0.4 is 5.32 Å². The molecule has 0 saturated carbocycles. The number of nitrogens with zero attached hydrogens (tertiary/aromatic N) is 2. The number of fused-ring (bicyclic) bond motifs is 1. The molecular formula is C32H39N3O3. The Bertz CT molecular complexity index is 1260. The lowest BCUT2D eigenvalue weighted by Gasteiger charge is -2.26. The van der Waals surface area contributed by atoms with E-state index in [4.69, 9.17) is 11.2 Å². The summed E-state index contributed by atoms with van der Waals surface area (Å²) in [6.45, 7) is 6.14. The number of nitrogens with one attached hydrogen (secondary N) is 1. The first-order chi connectivity index (χ1) is 18.6. The van der Waals surface area contributed by atoms with Gasteiger partial charge in [-0.2, -0.15) is 0 Å². The number of ether oxygens (including phenoxy) is 1. The molecule has 2 aromatic carbocycles. The van der Waals surface area contributed by atoms with Gasteiger partial charge >= 0.3 is 0 Å². The molecule has 0 aliphatic carbocycles. The fourth-order valence-electron chi connectivity index (χ4n) is 5.10. The fourth-order valence-corrected chi connectivity index (χ4v) is 5.10. The molecule has 1 N–H and O–H groups in total. The lowest BCUT2D eigenvalue weighted by atomic mass is 10.1. The standard InChI is InChI=1S/C32H39N3O3/c1-3-4-5-6-8-18-33-31(36)27-16-14-26(15-17-27)12-7-9-19-35-24-29(28-13-10-11-25(2)30(28)35)32(37)34-20-22-38-23-21-34/h1,10-11,13-17,24H,4-9,12,18-23H2,2H3,(H,33,36).